The summed E-state index contributed by atoms with van der Waals surface area (Å²) in [6.07, 6.45) is 0.959. The fourth-order valence-corrected chi connectivity index (χ4v) is 2.35. The minimum Gasteiger partial charge on any atom is -0.350 e. The number of hydrogen-bond donors (Lipinski definition) is 1. The molecule has 0 saturated carbocycles. The summed E-state index contributed by atoms with van der Waals surface area (Å²) in [5.74, 6) is 0.879. The number of nitrogens with one attached hydrogen (secondary N) is 1. The first kappa shape index (κ1) is 16.4. The molecule has 4 nitrogen and oxygen atoms in total. The molecule has 0 atom stereocenters. The Labute approximate surface area is 118 Å². The van der Waals surface area contributed by atoms with E-state index in [1.165, 1.54) is 6.54 Å². The van der Waals surface area contributed by atoms with Gasteiger partial charge in [0.2, 0.25) is 5.91 Å². The highest BCUT2D eigenvalue weighted by Gasteiger charge is 2.22. The standard InChI is InChI=1S/C15H31N3O/c1-6-15(4,5)16-14(19)12-18-9-7-17(8-10-18)11-13(2)3/h13H,6-12H2,1-5H3,(H,16,19). The van der Waals surface area contributed by atoms with Crippen LogP contribution in [0.2, 0.25) is 0 Å². The summed E-state index contributed by atoms with van der Waals surface area (Å²) in [6.45, 7) is 16.7. The van der Waals surface area contributed by atoms with Gasteiger partial charge in [0, 0.05) is 38.3 Å². The molecule has 1 aliphatic rings. The van der Waals surface area contributed by atoms with Crippen molar-refractivity contribution in [3.63, 3.8) is 0 Å². The Balaban J connectivity index is 2.27. The van der Waals surface area contributed by atoms with Crippen LogP contribution in [0, 0.1) is 5.92 Å². The molecule has 0 unspecified atom stereocenters. The summed E-state index contributed by atoms with van der Waals surface area (Å²) in [5, 5.41) is 3.10. The van der Waals surface area contributed by atoms with Crippen molar-refractivity contribution in [1.29, 1.82) is 0 Å². The van der Waals surface area contributed by atoms with Crippen LogP contribution in [0.3, 0.4) is 0 Å². The molecule has 1 fully saturated rings. The largest absolute Gasteiger partial charge is 0.350 e. The molecule has 1 saturated heterocycles. The molecule has 0 aromatic heterocycles. The fraction of sp³-hybridized carbons (Fsp3) is 0.933. The highest BCUT2D eigenvalue weighted by atomic mass is 16.2. The van der Waals surface area contributed by atoms with Crippen molar-refractivity contribution in [2.24, 2.45) is 5.92 Å². The van der Waals surface area contributed by atoms with Crippen LogP contribution in [0.1, 0.15) is 41.0 Å². The first-order chi connectivity index (χ1) is 8.82. The number of hydrogen-bond acceptors (Lipinski definition) is 3. The summed E-state index contributed by atoms with van der Waals surface area (Å²) in [7, 11) is 0. The molecule has 0 aliphatic carbocycles. The van der Waals surface area contributed by atoms with E-state index in [1.807, 2.05) is 0 Å². The normalized spacial score (nSPS) is 18.8. The summed E-state index contributed by atoms with van der Waals surface area (Å²) in [5.41, 5.74) is -0.0868. The monoisotopic (exact) mass is 269 g/mol. The maximum absolute atomic E-state index is 12.0. The lowest BCUT2D eigenvalue weighted by atomic mass is 10.0. The van der Waals surface area contributed by atoms with Crippen molar-refractivity contribution in [2.75, 3.05) is 39.3 Å². The van der Waals surface area contributed by atoms with Gasteiger partial charge in [-0.3, -0.25) is 9.69 Å². The first-order valence-electron chi connectivity index (χ1n) is 7.58. The Morgan fingerprint density at radius 2 is 1.68 bits per heavy atom. The molecule has 112 valence electrons. The number of rotatable bonds is 6. The molecule has 19 heavy (non-hydrogen) atoms. The number of nitrogens with zero attached hydrogens (tertiary/aromatic N) is 2. The first-order valence-corrected chi connectivity index (χ1v) is 7.58. The minimum atomic E-state index is -0.0868. The zero-order chi connectivity index (χ0) is 14.5. The number of carbonyl (C=O) groups is 1. The molecule has 1 aliphatic heterocycles. The van der Waals surface area contributed by atoms with Crippen LogP contribution in [0.5, 0.6) is 0 Å². The Bertz CT molecular complexity index is 281. The molecule has 4 heteroatoms. The van der Waals surface area contributed by atoms with E-state index in [-0.39, 0.29) is 11.4 Å². The topological polar surface area (TPSA) is 35.6 Å². The van der Waals surface area contributed by atoms with Gasteiger partial charge in [-0.1, -0.05) is 20.8 Å². The molecule has 1 heterocycles. The van der Waals surface area contributed by atoms with Gasteiger partial charge in [-0.15, -0.1) is 0 Å². The quantitative estimate of drug-likeness (QED) is 0.795. The fourth-order valence-electron chi connectivity index (χ4n) is 2.35. The molecule has 0 aromatic carbocycles. The van der Waals surface area contributed by atoms with Gasteiger partial charge in [-0.05, 0) is 26.2 Å². The van der Waals surface area contributed by atoms with Crippen molar-refractivity contribution in [1.82, 2.24) is 15.1 Å². The van der Waals surface area contributed by atoms with Gasteiger partial charge in [0.25, 0.3) is 0 Å². The average Bonchev–Trinajstić information content (AvgIpc) is 2.30. The summed E-state index contributed by atoms with van der Waals surface area (Å²) < 4.78 is 0. The molecule has 0 bridgehead atoms. The third-order valence-electron chi connectivity index (χ3n) is 3.82. The van der Waals surface area contributed by atoms with Crippen LogP contribution in [0.4, 0.5) is 0 Å². The average molecular weight is 269 g/mol. The SMILES string of the molecule is CCC(C)(C)NC(=O)CN1CCN(CC(C)C)CC1. The lowest BCUT2D eigenvalue weighted by molar-refractivity contribution is -0.124. The third kappa shape index (κ3) is 6.39. The van der Waals surface area contributed by atoms with Crippen LogP contribution < -0.4 is 5.32 Å². The van der Waals surface area contributed by atoms with E-state index in [9.17, 15) is 4.79 Å². The summed E-state index contributed by atoms with van der Waals surface area (Å²) in [4.78, 5) is 16.7. The molecule has 1 amide bonds. The molecular formula is C15H31N3O. The van der Waals surface area contributed by atoms with E-state index in [0.29, 0.717) is 6.54 Å². The molecule has 0 aromatic rings. The Hall–Kier alpha value is -0.610. The van der Waals surface area contributed by atoms with Gasteiger partial charge in [0.15, 0.2) is 0 Å². The predicted octanol–water partition coefficient (Wildman–Crippen LogP) is 1.56. The maximum Gasteiger partial charge on any atom is 0.234 e. The van der Waals surface area contributed by atoms with E-state index >= 15 is 0 Å². The summed E-state index contributed by atoms with van der Waals surface area (Å²) >= 11 is 0. The van der Waals surface area contributed by atoms with Gasteiger partial charge in [-0.25, -0.2) is 0 Å². The van der Waals surface area contributed by atoms with Gasteiger partial charge in [-0.2, -0.15) is 0 Å². The van der Waals surface area contributed by atoms with Crippen LogP contribution in [-0.4, -0.2) is 60.5 Å². The summed E-state index contributed by atoms with van der Waals surface area (Å²) in [6, 6.07) is 0. The van der Waals surface area contributed by atoms with Gasteiger partial charge in [0.05, 0.1) is 6.54 Å². The Morgan fingerprint density at radius 3 is 2.16 bits per heavy atom. The van der Waals surface area contributed by atoms with E-state index < -0.39 is 0 Å². The molecular weight excluding hydrogens is 238 g/mol. The lowest BCUT2D eigenvalue weighted by Gasteiger charge is -2.35. The van der Waals surface area contributed by atoms with Gasteiger partial charge < -0.3 is 10.2 Å². The smallest absolute Gasteiger partial charge is 0.234 e. The van der Waals surface area contributed by atoms with E-state index in [4.69, 9.17) is 0 Å². The van der Waals surface area contributed by atoms with E-state index in [2.05, 4.69) is 49.7 Å². The number of carbonyl (C=O) groups excluding carboxylic acids is 1. The van der Waals surface area contributed by atoms with Crippen molar-refractivity contribution in [2.45, 2.75) is 46.6 Å². The zero-order valence-corrected chi connectivity index (χ0v) is 13.3. The molecule has 1 rings (SSSR count). The second kappa shape index (κ2) is 7.25. The highest BCUT2D eigenvalue weighted by Crippen LogP contribution is 2.08. The second-order valence-corrected chi connectivity index (χ2v) is 6.76. The van der Waals surface area contributed by atoms with Crippen molar-refractivity contribution < 1.29 is 4.79 Å². The van der Waals surface area contributed by atoms with Gasteiger partial charge >= 0.3 is 0 Å². The molecule has 0 spiro atoms. The number of piperazine rings is 1. The lowest BCUT2D eigenvalue weighted by Crippen LogP contribution is -2.52. The van der Waals surface area contributed by atoms with E-state index in [1.54, 1.807) is 0 Å². The van der Waals surface area contributed by atoms with Crippen molar-refractivity contribution in [3.8, 4) is 0 Å². The van der Waals surface area contributed by atoms with Crippen molar-refractivity contribution in [3.05, 3.63) is 0 Å². The van der Waals surface area contributed by atoms with E-state index in [0.717, 1.165) is 38.5 Å². The number of amides is 1. The zero-order valence-electron chi connectivity index (χ0n) is 13.3. The van der Waals surface area contributed by atoms with Crippen LogP contribution in [-0.2, 0) is 4.79 Å². The highest BCUT2D eigenvalue weighted by molar-refractivity contribution is 5.78. The maximum atomic E-state index is 12.0. The Morgan fingerprint density at radius 1 is 1.16 bits per heavy atom. The third-order valence-corrected chi connectivity index (χ3v) is 3.82. The molecule has 0 radical (unpaired) electrons. The molecule has 1 N–H and O–H groups in total. The predicted molar refractivity (Wildman–Crippen MR) is 80.2 cm³/mol. The van der Waals surface area contributed by atoms with Crippen LogP contribution in [0.15, 0.2) is 0 Å². The van der Waals surface area contributed by atoms with Gasteiger partial charge in [0.1, 0.15) is 0 Å². The van der Waals surface area contributed by atoms with Crippen LogP contribution >= 0.6 is 0 Å². The Kier molecular flexibility index (Phi) is 6.27. The van der Waals surface area contributed by atoms with Crippen molar-refractivity contribution >= 4 is 5.91 Å². The van der Waals surface area contributed by atoms with Crippen LogP contribution in [0.25, 0.3) is 0 Å². The second-order valence-electron chi connectivity index (χ2n) is 6.76. The minimum absolute atomic E-state index is 0.0868.